The van der Waals surface area contributed by atoms with Gasteiger partial charge in [-0.2, -0.15) is 0 Å². The van der Waals surface area contributed by atoms with Crippen LogP contribution in [0.15, 0.2) is 30.6 Å². The van der Waals surface area contributed by atoms with E-state index in [1.807, 2.05) is 6.92 Å². The van der Waals surface area contributed by atoms with Gasteiger partial charge in [0.1, 0.15) is 0 Å². The third-order valence-electron chi connectivity index (χ3n) is 4.11. The molecule has 6 heteroatoms. The molecule has 112 valence electrons. The summed E-state index contributed by atoms with van der Waals surface area (Å²) in [5, 5.41) is 15.8. The molecule has 0 fully saturated rings. The van der Waals surface area contributed by atoms with E-state index < -0.39 is 0 Å². The monoisotopic (exact) mass is 288 g/mol. The van der Waals surface area contributed by atoms with Crippen molar-refractivity contribution in [3.8, 4) is 0 Å². The summed E-state index contributed by atoms with van der Waals surface area (Å²) in [5.74, 6) is 0.310. The number of aromatic nitrogens is 1. The van der Waals surface area contributed by atoms with E-state index >= 15 is 0 Å². The Morgan fingerprint density at radius 3 is 2.67 bits per heavy atom. The number of nitro benzene ring substituents is 1. The highest BCUT2D eigenvalue weighted by atomic mass is 16.6. The van der Waals surface area contributed by atoms with Crippen LogP contribution in [0.2, 0.25) is 0 Å². The molecule has 1 heterocycles. The van der Waals surface area contributed by atoms with Gasteiger partial charge in [0.05, 0.1) is 10.3 Å². The lowest BCUT2D eigenvalue weighted by molar-refractivity contribution is -0.383. The maximum atomic E-state index is 11.1. The highest BCUT2D eigenvalue weighted by Crippen LogP contribution is 2.33. The zero-order valence-electron chi connectivity index (χ0n) is 12.5. The molecule has 0 aliphatic carbocycles. The molecule has 0 aliphatic heterocycles. The summed E-state index contributed by atoms with van der Waals surface area (Å²) in [6.07, 6.45) is 3.20. The molecule has 0 saturated carbocycles. The van der Waals surface area contributed by atoms with Crippen LogP contribution in [-0.2, 0) is 0 Å². The molecule has 0 spiro atoms. The fourth-order valence-electron chi connectivity index (χ4n) is 2.18. The zero-order chi connectivity index (χ0) is 15.6. The van der Waals surface area contributed by atoms with Crippen LogP contribution in [0.4, 0.5) is 11.4 Å². The summed E-state index contributed by atoms with van der Waals surface area (Å²) in [5.41, 5.74) is 6.49. The summed E-state index contributed by atoms with van der Waals surface area (Å²) < 4.78 is 0. The molecule has 6 nitrogen and oxygen atoms in total. The van der Waals surface area contributed by atoms with Crippen LogP contribution in [0.3, 0.4) is 0 Å². The first-order valence-electron chi connectivity index (χ1n) is 6.88. The first kappa shape index (κ1) is 15.2. The lowest BCUT2D eigenvalue weighted by Gasteiger charge is -2.35. The third-order valence-corrected chi connectivity index (χ3v) is 4.11. The van der Waals surface area contributed by atoms with E-state index in [1.165, 1.54) is 6.07 Å². The standard InChI is InChI=1S/C15H20N4O2/c1-10(2)15(3,9-16)18-13-4-5-14(19(20)21)11-6-7-17-8-12(11)13/h4-8,10,18H,9,16H2,1-3H3. The minimum atomic E-state index is -0.378. The Morgan fingerprint density at radius 2 is 2.10 bits per heavy atom. The number of nitro groups is 1. The maximum Gasteiger partial charge on any atom is 0.277 e. The number of pyridine rings is 1. The van der Waals surface area contributed by atoms with Gasteiger partial charge in [0.2, 0.25) is 0 Å². The first-order chi connectivity index (χ1) is 9.89. The molecule has 3 N–H and O–H groups in total. The molecule has 0 bridgehead atoms. The van der Waals surface area contributed by atoms with Gasteiger partial charge in [-0.3, -0.25) is 15.1 Å². The lowest BCUT2D eigenvalue weighted by atomic mass is 9.88. The zero-order valence-corrected chi connectivity index (χ0v) is 12.5. The number of fused-ring (bicyclic) bond motifs is 1. The van der Waals surface area contributed by atoms with E-state index in [9.17, 15) is 10.1 Å². The summed E-state index contributed by atoms with van der Waals surface area (Å²) in [7, 11) is 0. The number of anilines is 1. The van der Waals surface area contributed by atoms with Gasteiger partial charge in [-0.05, 0) is 25.0 Å². The molecule has 2 aromatic rings. The molecular formula is C15H20N4O2. The fourth-order valence-corrected chi connectivity index (χ4v) is 2.18. The van der Waals surface area contributed by atoms with E-state index in [-0.39, 0.29) is 16.1 Å². The summed E-state index contributed by atoms with van der Waals surface area (Å²) in [6.45, 7) is 6.68. The minimum Gasteiger partial charge on any atom is -0.378 e. The van der Waals surface area contributed by atoms with Gasteiger partial charge >= 0.3 is 0 Å². The molecule has 0 aliphatic rings. The van der Waals surface area contributed by atoms with Crippen molar-refractivity contribution in [2.24, 2.45) is 11.7 Å². The number of hydrogen-bond donors (Lipinski definition) is 2. The van der Waals surface area contributed by atoms with Crippen LogP contribution in [0.5, 0.6) is 0 Å². The molecule has 1 unspecified atom stereocenters. The van der Waals surface area contributed by atoms with Crippen molar-refractivity contribution in [1.82, 2.24) is 4.98 Å². The first-order valence-corrected chi connectivity index (χ1v) is 6.88. The molecule has 21 heavy (non-hydrogen) atoms. The van der Waals surface area contributed by atoms with Gasteiger partial charge in [0.25, 0.3) is 5.69 Å². The van der Waals surface area contributed by atoms with Gasteiger partial charge in [-0.1, -0.05) is 13.8 Å². The van der Waals surface area contributed by atoms with Crippen LogP contribution in [0.25, 0.3) is 10.8 Å². The van der Waals surface area contributed by atoms with Crippen molar-refractivity contribution >= 4 is 22.1 Å². The molecule has 1 aromatic heterocycles. The van der Waals surface area contributed by atoms with Crippen molar-refractivity contribution in [1.29, 1.82) is 0 Å². The predicted octanol–water partition coefficient (Wildman–Crippen LogP) is 2.93. The highest BCUT2D eigenvalue weighted by molar-refractivity contribution is 5.99. The average Bonchev–Trinajstić information content (AvgIpc) is 2.46. The highest BCUT2D eigenvalue weighted by Gasteiger charge is 2.27. The van der Waals surface area contributed by atoms with E-state index in [0.29, 0.717) is 17.8 Å². The van der Waals surface area contributed by atoms with Gasteiger partial charge in [-0.25, -0.2) is 0 Å². The van der Waals surface area contributed by atoms with Crippen LogP contribution in [0, 0.1) is 16.0 Å². The van der Waals surface area contributed by atoms with E-state index in [1.54, 1.807) is 24.5 Å². The summed E-state index contributed by atoms with van der Waals surface area (Å²) >= 11 is 0. The molecule has 1 aromatic carbocycles. The number of nitrogens with zero attached hydrogens (tertiary/aromatic N) is 2. The largest absolute Gasteiger partial charge is 0.378 e. The number of nitrogens with one attached hydrogen (secondary N) is 1. The van der Waals surface area contributed by atoms with Gasteiger partial charge < -0.3 is 11.1 Å². The number of hydrogen-bond acceptors (Lipinski definition) is 5. The second kappa shape index (κ2) is 5.65. The number of non-ortho nitro benzene ring substituents is 1. The fraction of sp³-hybridized carbons (Fsp3) is 0.400. The van der Waals surface area contributed by atoms with Crippen LogP contribution < -0.4 is 11.1 Å². The van der Waals surface area contributed by atoms with Gasteiger partial charge in [-0.15, -0.1) is 0 Å². The Kier molecular flexibility index (Phi) is 4.09. The second-order valence-corrected chi connectivity index (χ2v) is 5.71. The topological polar surface area (TPSA) is 94.1 Å². The van der Waals surface area contributed by atoms with E-state index in [2.05, 4.69) is 24.1 Å². The Balaban J connectivity index is 2.56. The van der Waals surface area contributed by atoms with E-state index in [0.717, 1.165) is 11.1 Å². The molecular weight excluding hydrogens is 268 g/mol. The Morgan fingerprint density at radius 1 is 1.38 bits per heavy atom. The third kappa shape index (κ3) is 2.80. The minimum absolute atomic E-state index is 0.0805. The molecule has 1 atom stereocenters. The van der Waals surface area contributed by atoms with Crippen LogP contribution >= 0.6 is 0 Å². The Bertz CT molecular complexity index is 672. The molecule has 0 saturated heterocycles. The van der Waals surface area contributed by atoms with E-state index in [4.69, 9.17) is 5.73 Å². The molecule has 2 rings (SSSR count). The predicted molar refractivity (Wildman–Crippen MR) is 84.3 cm³/mol. The SMILES string of the molecule is CC(C)C(C)(CN)Nc1ccc([N+](=O)[O-])c2ccncc12. The van der Waals surface area contributed by atoms with Crippen molar-refractivity contribution in [3.63, 3.8) is 0 Å². The van der Waals surface area contributed by atoms with Crippen molar-refractivity contribution in [3.05, 3.63) is 40.7 Å². The molecule has 0 amide bonds. The summed E-state index contributed by atoms with van der Waals surface area (Å²) in [6, 6.07) is 4.90. The van der Waals surface area contributed by atoms with Crippen molar-refractivity contribution in [2.75, 3.05) is 11.9 Å². The summed E-state index contributed by atoms with van der Waals surface area (Å²) in [4.78, 5) is 14.8. The smallest absolute Gasteiger partial charge is 0.277 e. The number of nitrogens with two attached hydrogens (primary N) is 1. The lowest BCUT2D eigenvalue weighted by Crippen LogP contribution is -2.47. The quantitative estimate of drug-likeness (QED) is 0.651. The van der Waals surface area contributed by atoms with Crippen molar-refractivity contribution in [2.45, 2.75) is 26.3 Å². The number of rotatable bonds is 5. The normalized spacial score (nSPS) is 14.1. The Labute approximate surface area is 123 Å². The maximum absolute atomic E-state index is 11.1. The number of benzene rings is 1. The average molecular weight is 288 g/mol. The molecule has 0 radical (unpaired) electrons. The second-order valence-electron chi connectivity index (χ2n) is 5.71. The van der Waals surface area contributed by atoms with Crippen molar-refractivity contribution < 1.29 is 4.92 Å². The van der Waals surface area contributed by atoms with Gasteiger partial charge in [0, 0.05) is 41.6 Å². The van der Waals surface area contributed by atoms with Crippen LogP contribution in [0.1, 0.15) is 20.8 Å². The van der Waals surface area contributed by atoms with Gasteiger partial charge in [0.15, 0.2) is 0 Å². The van der Waals surface area contributed by atoms with Crippen LogP contribution in [-0.4, -0.2) is 22.0 Å². The Hall–Kier alpha value is -2.21.